The summed E-state index contributed by atoms with van der Waals surface area (Å²) in [7, 11) is 0. The Hall–Kier alpha value is -2.25. The fourth-order valence-electron chi connectivity index (χ4n) is 2.72. The van der Waals surface area contributed by atoms with E-state index in [1.54, 1.807) is 6.07 Å². The van der Waals surface area contributed by atoms with Gasteiger partial charge in [0.05, 0.1) is 11.6 Å². The number of pyridine rings is 1. The van der Waals surface area contributed by atoms with Gasteiger partial charge in [-0.05, 0) is 48.2 Å². The number of nitriles is 1. The van der Waals surface area contributed by atoms with Crippen LogP contribution in [0, 0.1) is 11.3 Å². The fraction of sp³-hybridized carbons (Fsp3) is 0.333. The average molecular weight is 328 g/mol. The summed E-state index contributed by atoms with van der Waals surface area (Å²) in [6.45, 7) is 4.49. The Bertz CT molecular complexity index is 754. The van der Waals surface area contributed by atoms with E-state index >= 15 is 0 Å². The van der Waals surface area contributed by atoms with Crippen LogP contribution in [0.4, 0.5) is 5.82 Å². The SMILES string of the molecule is CCCOc1ccc2c(c1)CCN(c1ccc(Cl)c(C#N)n1)C2. The number of halogens is 1. The highest BCUT2D eigenvalue weighted by Gasteiger charge is 2.19. The van der Waals surface area contributed by atoms with Crippen LogP contribution in [0.2, 0.25) is 5.02 Å². The molecule has 0 fully saturated rings. The molecule has 0 saturated heterocycles. The van der Waals surface area contributed by atoms with Crippen LogP contribution in [-0.2, 0) is 13.0 Å². The summed E-state index contributed by atoms with van der Waals surface area (Å²) in [5.41, 5.74) is 2.87. The highest BCUT2D eigenvalue weighted by Crippen LogP contribution is 2.27. The van der Waals surface area contributed by atoms with Gasteiger partial charge in [0.15, 0.2) is 5.69 Å². The van der Waals surface area contributed by atoms with Crippen molar-refractivity contribution < 1.29 is 4.74 Å². The summed E-state index contributed by atoms with van der Waals surface area (Å²) in [6.07, 6.45) is 1.94. The number of aromatic nitrogens is 1. The standard InChI is InChI=1S/C18H18ClN3O/c1-2-9-23-15-4-3-14-12-22(8-7-13(14)10-15)18-6-5-16(19)17(11-20)21-18/h3-6,10H,2,7-9,12H2,1H3. The maximum atomic E-state index is 9.07. The molecule has 0 spiro atoms. The molecule has 4 nitrogen and oxygen atoms in total. The fourth-order valence-corrected chi connectivity index (χ4v) is 2.87. The van der Waals surface area contributed by atoms with Crippen LogP contribution in [0.25, 0.3) is 0 Å². The lowest BCUT2D eigenvalue weighted by atomic mass is 9.99. The van der Waals surface area contributed by atoms with Gasteiger partial charge in [-0.1, -0.05) is 24.6 Å². The maximum Gasteiger partial charge on any atom is 0.161 e. The molecule has 1 aliphatic rings. The van der Waals surface area contributed by atoms with Gasteiger partial charge in [0.1, 0.15) is 17.6 Å². The van der Waals surface area contributed by atoms with Crippen LogP contribution in [0.1, 0.15) is 30.2 Å². The third-order valence-electron chi connectivity index (χ3n) is 3.92. The number of benzene rings is 1. The van der Waals surface area contributed by atoms with Crippen LogP contribution in [0.5, 0.6) is 5.75 Å². The predicted molar refractivity (Wildman–Crippen MR) is 90.9 cm³/mol. The van der Waals surface area contributed by atoms with Gasteiger partial charge in [-0.15, -0.1) is 0 Å². The zero-order valence-electron chi connectivity index (χ0n) is 13.1. The molecule has 23 heavy (non-hydrogen) atoms. The first-order valence-corrected chi connectivity index (χ1v) is 8.15. The monoisotopic (exact) mass is 327 g/mol. The average Bonchev–Trinajstić information content (AvgIpc) is 2.59. The Morgan fingerprint density at radius 3 is 2.96 bits per heavy atom. The van der Waals surface area contributed by atoms with Crippen molar-refractivity contribution >= 4 is 17.4 Å². The molecule has 1 aliphatic heterocycles. The predicted octanol–water partition coefficient (Wildman–Crippen LogP) is 3.96. The van der Waals surface area contributed by atoms with Gasteiger partial charge in [0.2, 0.25) is 0 Å². The Morgan fingerprint density at radius 1 is 1.30 bits per heavy atom. The van der Waals surface area contributed by atoms with Crippen molar-refractivity contribution in [3.05, 3.63) is 52.2 Å². The van der Waals surface area contributed by atoms with Crippen LogP contribution >= 0.6 is 11.6 Å². The van der Waals surface area contributed by atoms with E-state index in [0.29, 0.717) is 5.02 Å². The molecule has 0 unspecified atom stereocenters. The zero-order chi connectivity index (χ0) is 16.2. The summed E-state index contributed by atoms with van der Waals surface area (Å²) in [4.78, 5) is 6.53. The van der Waals surface area contributed by atoms with Crippen molar-refractivity contribution in [2.45, 2.75) is 26.3 Å². The van der Waals surface area contributed by atoms with Crippen LogP contribution < -0.4 is 9.64 Å². The minimum atomic E-state index is 0.276. The minimum Gasteiger partial charge on any atom is -0.494 e. The molecule has 0 radical (unpaired) electrons. The maximum absolute atomic E-state index is 9.07. The Morgan fingerprint density at radius 2 is 2.17 bits per heavy atom. The molecule has 0 aliphatic carbocycles. The first-order valence-electron chi connectivity index (χ1n) is 7.77. The van der Waals surface area contributed by atoms with Crippen molar-refractivity contribution in [3.8, 4) is 11.8 Å². The van der Waals surface area contributed by atoms with Crippen molar-refractivity contribution in [3.63, 3.8) is 0 Å². The summed E-state index contributed by atoms with van der Waals surface area (Å²) < 4.78 is 5.70. The van der Waals surface area contributed by atoms with E-state index in [9.17, 15) is 0 Å². The summed E-state index contributed by atoms with van der Waals surface area (Å²) in [5, 5.41) is 9.47. The molecular formula is C18H18ClN3O. The molecule has 5 heteroatoms. The summed E-state index contributed by atoms with van der Waals surface area (Å²) in [5.74, 6) is 1.73. The second kappa shape index (κ2) is 6.89. The van der Waals surface area contributed by atoms with Gasteiger partial charge in [0, 0.05) is 13.1 Å². The van der Waals surface area contributed by atoms with E-state index in [-0.39, 0.29) is 5.69 Å². The van der Waals surface area contributed by atoms with E-state index in [1.807, 2.05) is 18.2 Å². The zero-order valence-corrected chi connectivity index (χ0v) is 13.8. The molecule has 2 heterocycles. The Balaban J connectivity index is 1.79. The smallest absolute Gasteiger partial charge is 0.161 e. The Labute approximate surface area is 141 Å². The largest absolute Gasteiger partial charge is 0.494 e. The summed E-state index contributed by atoms with van der Waals surface area (Å²) >= 11 is 5.96. The van der Waals surface area contributed by atoms with Gasteiger partial charge in [0.25, 0.3) is 0 Å². The molecule has 0 N–H and O–H groups in total. The number of anilines is 1. The number of hydrogen-bond donors (Lipinski definition) is 0. The third kappa shape index (κ3) is 3.40. The number of rotatable bonds is 4. The van der Waals surface area contributed by atoms with E-state index in [4.69, 9.17) is 21.6 Å². The van der Waals surface area contributed by atoms with E-state index in [2.05, 4.69) is 28.9 Å². The Kier molecular flexibility index (Phi) is 4.68. The first-order chi connectivity index (χ1) is 11.2. The molecule has 2 aromatic rings. The van der Waals surface area contributed by atoms with Gasteiger partial charge in [-0.25, -0.2) is 4.98 Å². The molecule has 0 saturated carbocycles. The van der Waals surface area contributed by atoms with Gasteiger partial charge in [-0.2, -0.15) is 5.26 Å². The molecule has 3 rings (SSSR count). The molecule has 118 valence electrons. The van der Waals surface area contributed by atoms with Crippen LogP contribution in [0.15, 0.2) is 30.3 Å². The highest BCUT2D eigenvalue weighted by atomic mass is 35.5. The van der Waals surface area contributed by atoms with Gasteiger partial charge >= 0.3 is 0 Å². The molecule has 0 atom stereocenters. The van der Waals surface area contributed by atoms with E-state index in [0.717, 1.165) is 44.1 Å². The summed E-state index contributed by atoms with van der Waals surface area (Å²) in [6, 6.07) is 11.9. The highest BCUT2D eigenvalue weighted by molar-refractivity contribution is 6.31. The van der Waals surface area contributed by atoms with Crippen molar-refractivity contribution in [1.29, 1.82) is 5.26 Å². The lowest BCUT2D eigenvalue weighted by Gasteiger charge is -2.30. The number of fused-ring (bicyclic) bond motifs is 1. The van der Waals surface area contributed by atoms with Gasteiger partial charge in [-0.3, -0.25) is 0 Å². The molecular weight excluding hydrogens is 310 g/mol. The molecule has 1 aromatic carbocycles. The topological polar surface area (TPSA) is 49.1 Å². The molecule has 1 aromatic heterocycles. The van der Waals surface area contributed by atoms with E-state index in [1.165, 1.54) is 11.1 Å². The molecule has 0 amide bonds. The van der Waals surface area contributed by atoms with Crippen LogP contribution in [0.3, 0.4) is 0 Å². The van der Waals surface area contributed by atoms with Gasteiger partial charge < -0.3 is 9.64 Å². The quantitative estimate of drug-likeness (QED) is 0.853. The second-order valence-electron chi connectivity index (χ2n) is 5.56. The van der Waals surface area contributed by atoms with E-state index < -0.39 is 0 Å². The first kappa shape index (κ1) is 15.6. The van der Waals surface area contributed by atoms with Crippen molar-refractivity contribution in [1.82, 2.24) is 4.98 Å². The third-order valence-corrected chi connectivity index (χ3v) is 4.23. The number of hydrogen-bond acceptors (Lipinski definition) is 4. The number of nitrogens with zero attached hydrogens (tertiary/aromatic N) is 3. The van der Waals surface area contributed by atoms with Crippen molar-refractivity contribution in [2.24, 2.45) is 0 Å². The lowest BCUT2D eigenvalue weighted by Crippen LogP contribution is -2.31. The molecule has 0 bridgehead atoms. The van der Waals surface area contributed by atoms with Crippen LogP contribution in [-0.4, -0.2) is 18.1 Å². The minimum absolute atomic E-state index is 0.276. The number of ether oxygens (including phenoxy) is 1. The normalized spacial score (nSPS) is 13.3. The second-order valence-corrected chi connectivity index (χ2v) is 5.97. The van der Waals surface area contributed by atoms with Crippen molar-refractivity contribution in [2.75, 3.05) is 18.1 Å². The lowest BCUT2D eigenvalue weighted by molar-refractivity contribution is 0.317.